The summed E-state index contributed by atoms with van der Waals surface area (Å²) in [4.78, 5) is 31.1. The van der Waals surface area contributed by atoms with E-state index in [9.17, 15) is 9.59 Å². The topological polar surface area (TPSA) is 80.8 Å². The summed E-state index contributed by atoms with van der Waals surface area (Å²) in [7, 11) is 1.66. The second-order valence-electron chi connectivity index (χ2n) is 6.73. The lowest BCUT2D eigenvalue weighted by Crippen LogP contribution is -2.43. The van der Waals surface area contributed by atoms with Crippen molar-refractivity contribution in [2.75, 3.05) is 37.1 Å². The molecule has 1 aromatic heterocycles. The molecule has 30 heavy (non-hydrogen) atoms. The Morgan fingerprint density at radius 1 is 1.27 bits per heavy atom. The summed E-state index contributed by atoms with van der Waals surface area (Å²) in [5.41, 5.74) is 2.93. The number of nitrogens with one attached hydrogen (secondary N) is 1. The molecule has 4 rings (SSSR count). The van der Waals surface area contributed by atoms with Gasteiger partial charge in [-0.1, -0.05) is 18.2 Å². The van der Waals surface area contributed by atoms with Crippen LogP contribution in [0.2, 0.25) is 0 Å². The molecular formula is C22H21N3O4S. The standard InChI is InChI=1S/C22H21N3O4S/c1-28-10-9-21-24-17(14-30-21)15-7-8-19-18(11-15)25(22(27)13-29-19)12-20(26)23-16-5-3-2-4-6-16/h2-8,11,14H,9-10,12-13H2,1H3,(H,23,26). The van der Waals surface area contributed by atoms with Gasteiger partial charge in [-0.2, -0.15) is 0 Å². The Morgan fingerprint density at radius 2 is 2.10 bits per heavy atom. The molecule has 3 aromatic rings. The van der Waals surface area contributed by atoms with Crippen molar-refractivity contribution in [2.24, 2.45) is 0 Å². The van der Waals surface area contributed by atoms with Crippen molar-refractivity contribution < 1.29 is 19.1 Å². The minimum atomic E-state index is -0.275. The number of methoxy groups -OCH3 is 1. The molecular weight excluding hydrogens is 402 g/mol. The Balaban J connectivity index is 1.55. The number of para-hydroxylation sites is 1. The first-order valence-corrected chi connectivity index (χ1v) is 10.4. The number of amides is 2. The molecule has 1 aliphatic heterocycles. The number of anilines is 2. The van der Waals surface area contributed by atoms with Crippen molar-refractivity contribution in [1.29, 1.82) is 0 Å². The molecule has 0 spiro atoms. The zero-order valence-electron chi connectivity index (χ0n) is 16.5. The van der Waals surface area contributed by atoms with Gasteiger partial charge in [0.2, 0.25) is 5.91 Å². The third kappa shape index (κ3) is 4.50. The van der Waals surface area contributed by atoms with Crippen LogP contribution in [-0.4, -0.2) is 43.7 Å². The van der Waals surface area contributed by atoms with Gasteiger partial charge < -0.3 is 14.8 Å². The molecule has 8 heteroatoms. The van der Waals surface area contributed by atoms with Crippen LogP contribution in [0.15, 0.2) is 53.9 Å². The smallest absolute Gasteiger partial charge is 0.265 e. The highest BCUT2D eigenvalue weighted by molar-refractivity contribution is 7.09. The van der Waals surface area contributed by atoms with E-state index in [0.717, 1.165) is 22.7 Å². The highest BCUT2D eigenvalue weighted by Gasteiger charge is 2.28. The Labute approximate surface area is 178 Å². The number of benzene rings is 2. The van der Waals surface area contributed by atoms with Gasteiger partial charge in [0.25, 0.3) is 5.91 Å². The summed E-state index contributed by atoms with van der Waals surface area (Å²) >= 11 is 1.57. The van der Waals surface area contributed by atoms with Crippen LogP contribution in [0.3, 0.4) is 0 Å². The lowest BCUT2D eigenvalue weighted by atomic mass is 10.1. The average Bonchev–Trinajstić information content (AvgIpc) is 3.24. The number of carbonyl (C=O) groups is 2. The molecule has 1 aliphatic rings. The summed E-state index contributed by atoms with van der Waals surface area (Å²) in [6.07, 6.45) is 0.749. The monoisotopic (exact) mass is 423 g/mol. The van der Waals surface area contributed by atoms with Gasteiger partial charge in [0.15, 0.2) is 6.61 Å². The van der Waals surface area contributed by atoms with Gasteiger partial charge >= 0.3 is 0 Å². The van der Waals surface area contributed by atoms with E-state index in [1.807, 2.05) is 41.8 Å². The predicted octanol–water partition coefficient (Wildman–Crippen LogP) is 3.36. The molecule has 1 N–H and O–H groups in total. The van der Waals surface area contributed by atoms with Gasteiger partial charge in [-0.15, -0.1) is 11.3 Å². The van der Waals surface area contributed by atoms with Crippen molar-refractivity contribution in [3.05, 3.63) is 58.9 Å². The normalized spacial score (nSPS) is 13.0. The van der Waals surface area contributed by atoms with Gasteiger partial charge in [-0.25, -0.2) is 4.98 Å². The van der Waals surface area contributed by atoms with Crippen molar-refractivity contribution in [3.63, 3.8) is 0 Å². The van der Waals surface area contributed by atoms with Gasteiger partial charge in [-0.05, 0) is 30.3 Å². The molecule has 0 aliphatic carbocycles. The number of hydrogen-bond donors (Lipinski definition) is 1. The van der Waals surface area contributed by atoms with Gasteiger partial charge in [0.1, 0.15) is 12.3 Å². The lowest BCUT2D eigenvalue weighted by molar-refractivity contribution is -0.123. The number of nitrogens with zero attached hydrogens (tertiary/aromatic N) is 2. The third-order valence-electron chi connectivity index (χ3n) is 4.63. The quantitative estimate of drug-likeness (QED) is 0.630. The molecule has 0 radical (unpaired) electrons. The maximum Gasteiger partial charge on any atom is 0.265 e. The van der Waals surface area contributed by atoms with Crippen LogP contribution < -0.4 is 15.0 Å². The fourth-order valence-electron chi connectivity index (χ4n) is 3.15. The maximum atomic E-state index is 12.5. The second kappa shape index (κ2) is 9.06. The highest BCUT2D eigenvalue weighted by Crippen LogP contribution is 2.36. The van der Waals surface area contributed by atoms with E-state index in [2.05, 4.69) is 10.3 Å². The van der Waals surface area contributed by atoms with Crippen LogP contribution in [0.4, 0.5) is 11.4 Å². The van der Waals surface area contributed by atoms with E-state index < -0.39 is 0 Å². The van der Waals surface area contributed by atoms with E-state index in [1.54, 1.807) is 30.6 Å². The number of rotatable bonds is 7. The predicted molar refractivity (Wildman–Crippen MR) is 116 cm³/mol. The zero-order chi connectivity index (χ0) is 20.9. The molecule has 0 saturated heterocycles. The minimum Gasteiger partial charge on any atom is -0.482 e. The number of hydrogen-bond acceptors (Lipinski definition) is 6. The Bertz CT molecular complexity index is 1050. The summed E-state index contributed by atoms with van der Waals surface area (Å²) in [6.45, 7) is 0.427. The molecule has 2 heterocycles. The first-order valence-electron chi connectivity index (χ1n) is 9.50. The van der Waals surface area contributed by atoms with E-state index in [-0.39, 0.29) is 25.0 Å². The van der Waals surface area contributed by atoms with Crippen molar-refractivity contribution in [1.82, 2.24) is 4.98 Å². The van der Waals surface area contributed by atoms with Crippen LogP contribution in [-0.2, 0) is 20.7 Å². The zero-order valence-corrected chi connectivity index (χ0v) is 17.3. The number of fused-ring (bicyclic) bond motifs is 1. The number of aromatic nitrogens is 1. The first-order chi connectivity index (χ1) is 14.6. The lowest BCUT2D eigenvalue weighted by Gasteiger charge is -2.29. The summed E-state index contributed by atoms with van der Waals surface area (Å²) in [5.74, 6) is 0.0333. The van der Waals surface area contributed by atoms with Crippen LogP contribution in [0.5, 0.6) is 5.75 Å². The molecule has 7 nitrogen and oxygen atoms in total. The average molecular weight is 423 g/mol. The first kappa shape index (κ1) is 20.1. The van der Waals surface area contributed by atoms with Crippen LogP contribution in [0, 0.1) is 0 Å². The summed E-state index contributed by atoms with van der Waals surface area (Å²) in [5, 5.41) is 5.77. The molecule has 0 saturated carbocycles. The second-order valence-corrected chi connectivity index (χ2v) is 7.68. The van der Waals surface area contributed by atoms with E-state index >= 15 is 0 Å². The Hall–Kier alpha value is -3.23. The number of ether oxygens (including phenoxy) is 2. The molecule has 0 unspecified atom stereocenters. The fourth-order valence-corrected chi connectivity index (χ4v) is 3.94. The van der Waals surface area contributed by atoms with Gasteiger partial charge in [0.05, 0.1) is 23.0 Å². The Kier molecular flexibility index (Phi) is 6.06. The number of carbonyl (C=O) groups excluding carboxylic acids is 2. The molecule has 0 fully saturated rings. The summed E-state index contributed by atoms with van der Waals surface area (Å²) < 4.78 is 10.7. The van der Waals surface area contributed by atoms with Crippen molar-refractivity contribution in [2.45, 2.75) is 6.42 Å². The molecule has 2 aromatic carbocycles. The van der Waals surface area contributed by atoms with E-state index in [1.165, 1.54) is 4.90 Å². The van der Waals surface area contributed by atoms with E-state index in [4.69, 9.17) is 9.47 Å². The molecule has 0 atom stereocenters. The highest BCUT2D eigenvalue weighted by atomic mass is 32.1. The minimum absolute atomic E-state index is 0.0936. The van der Waals surface area contributed by atoms with Crippen LogP contribution >= 0.6 is 11.3 Å². The van der Waals surface area contributed by atoms with E-state index in [0.29, 0.717) is 23.7 Å². The van der Waals surface area contributed by atoms with Crippen LogP contribution in [0.1, 0.15) is 5.01 Å². The molecule has 2 amide bonds. The summed E-state index contributed by atoms with van der Waals surface area (Å²) in [6, 6.07) is 14.7. The van der Waals surface area contributed by atoms with Gasteiger partial charge in [0, 0.05) is 30.2 Å². The largest absolute Gasteiger partial charge is 0.482 e. The third-order valence-corrected chi connectivity index (χ3v) is 5.54. The maximum absolute atomic E-state index is 12.5. The number of thiazole rings is 1. The van der Waals surface area contributed by atoms with Gasteiger partial charge in [-0.3, -0.25) is 14.5 Å². The van der Waals surface area contributed by atoms with Crippen LogP contribution in [0.25, 0.3) is 11.3 Å². The fraction of sp³-hybridized carbons (Fsp3) is 0.227. The van der Waals surface area contributed by atoms with Crippen molar-refractivity contribution >= 4 is 34.5 Å². The molecule has 154 valence electrons. The Morgan fingerprint density at radius 3 is 2.90 bits per heavy atom. The molecule has 0 bridgehead atoms. The SMILES string of the molecule is COCCc1nc(-c2ccc3c(c2)N(CC(=O)Nc2ccccc2)C(=O)CO3)cs1. The van der Waals surface area contributed by atoms with Crippen molar-refractivity contribution in [3.8, 4) is 17.0 Å².